The van der Waals surface area contributed by atoms with Gasteiger partial charge in [0.05, 0.1) is 18.3 Å². The van der Waals surface area contributed by atoms with Crippen LogP contribution in [0, 0.1) is 5.82 Å². The average molecular weight is 503 g/mol. The van der Waals surface area contributed by atoms with Crippen molar-refractivity contribution in [2.24, 2.45) is 0 Å². The van der Waals surface area contributed by atoms with Crippen LogP contribution >= 0.6 is 0 Å². The van der Waals surface area contributed by atoms with Gasteiger partial charge >= 0.3 is 0 Å². The van der Waals surface area contributed by atoms with Crippen LogP contribution in [0.5, 0.6) is 11.5 Å². The van der Waals surface area contributed by atoms with Crippen LogP contribution in [0.3, 0.4) is 0 Å². The molecule has 0 saturated carbocycles. The molecule has 5 aromatic rings. The molecule has 1 aliphatic rings. The number of nitrogens with zero attached hydrogens (tertiary/aromatic N) is 5. The molecule has 188 valence electrons. The van der Waals surface area contributed by atoms with Crippen molar-refractivity contribution < 1.29 is 18.3 Å². The molecule has 1 N–H and O–H groups in total. The highest BCUT2D eigenvalue weighted by Gasteiger charge is 2.18. The number of aromatic amines is 1. The number of H-pyrrole nitrogens is 1. The van der Waals surface area contributed by atoms with Gasteiger partial charge < -0.3 is 18.9 Å². The third-order valence-electron chi connectivity index (χ3n) is 6.15. The molecule has 0 unspecified atom stereocenters. The molecule has 11 heteroatoms. The van der Waals surface area contributed by atoms with Crippen LogP contribution in [0.25, 0.3) is 10.9 Å². The fourth-order valence-electron chi connectivity index (χ4n) is 4.37. The number of tetrazole rings is 1. The van der Waals surface area contributed by atoms with Crippen LogP contribution < -0.4 is 15.0 Å². The Morgan fingerprint density at radius 2 is 1.81 bits per heavy atom. The van der Waals surface area contributed by atoms with E-state index < -0.39 is 0 Å². The summed E-state index contributed by atoms with van der Waals surface area (Å²) in [5.74, 6) is 2.29. The van der Waals surface area contributed by atoms with Crippen LogP contribution in [0.15, 0.2) is 70.1 Å². The second kappa shape index (κ2) is 9.86. The van der Waals surface area contributed by atoms with E-state index in [-0.39, 0.29) is 11.4 Å². The lowest BCUT2D eigenvalue weighted by Crippen LogP contribution is -2.28. The van der Waals surface area contributed by atoms with Gasteiger partial charge in [0.1, 0.15) is 31.3 Å². The minimum Gasteiger partial charge on any atom is -0.486 e. The first kappa shape index (κ1) is 22.9. The number of hydrogen-bond donors (Lipinski definition) is 1. The first-order valence-corrected chi connectivity index (χ1v) is 11.8. The zero-order valence-corrected chi connectivity index (χ0v) is 19.8. The molecule has 0 spiro atoms. The van der Waals surface area contributed by atoms with Gasteiger partial charge in [-0.05, 0) is 52.4 Å². The number of furan rings is 1. The van der Waals surface area contributed by atoms with Gasteiger partial charge in [0, 0.05) is 30.1 Å². The van der Waals surface area contributed by atoms with Crippen molar-refractivity contribution in [1.29, 1.82) is 0 Å². The van der Waals surface area contributed by atoms with Crippen LogP contribution in [0.1, 0.15) is 22.7 Å². The van der Waals surface area contributed by atoms with Gasteiger partial charge in [0.15, 0.2) is 17.3 Å². The molecule has 1 aliphatic heterocycles. The standard InChI is InChI=1S/C26H23FN6O4/c27-20-5-3-17(4-6-20)13-32(16-25-29-30-31-33(25)15-21-2-1-7-35-21)14-19-10-18-11-23-24(37-9-8-36-23)12-22(18)28-26(19)34/h1-7,10-12H,8-9,13-16H2,(H,28,34). The predicted octanol–water partition coefficient (Wildman–Crippen LogP) is 3.27. The fraction of sp³-hybridized carbons (Fsp3) is 0.231. The monoisotopic (exact) mass is 502 g/mol. The molecule has 0 radical (unpaired) electrons. The molecule has 0 aliphatic carbocycles. The molecule has 37 heavy (non-hydrogen) atoms. The number of hydrogen-bond acceptors (Lipinski definition) is 8. The van der Waals surface area contributed by atoms with Crippen LogP contribution in [0.2, 0.25) is 0 Å². The van der Waals surface area contributed by atoms with E-state index in [2.05, 4.69) is 20.5 Å². The molecule has 0 atom stereocenters. The quantitative estimate of drug-likeness (QED) is 0.344. The van der Waals surface area contributed by atoms with E-state index in [9.17, 15) is 9.18 Å². The molecule has 10 nitrogen and oxygen atoms in total. The summed E-state index contributed by atoms with van der Waals surface area (Å²) in [6.07, 6.45) is 1.60. The summed E-state index contributed by atoms with van der Waals surface area (Å²) in [5, 5.41) is 13.0. The summed E-state index contributed by atoms with van der Waals surface area (Å²) >= 11 is 0. The number of halogens is 1. The van der Waals surface area contributed by atoms with Gasteiger partial charge in [-0.1, -0.05) is 12.1 Å². The lowest BCUT2D eigenvalue weighted by Gasteiger charge is -2.22. The molecule has 6 rings (SSSR count). The number of nitrogens with one attached hydrogen (secondary N) is 1. The normalized spacial score (nSPS) is 12.9. The number of rotatable bonds is 8. The van der Waals surface area contributed by atoms with Crippen molar-refractivity contribution in [1.82, 2.24) is 30.1 Å². The van der Waals surface area contributed by atoms with Crippen LogP contribution in [-0.2, 0) is 26.2 Å². The minimum absolute atomic E-state index is 0.205. The molecule has 2 aromatic carbocycles. The SMILES string of the molecule is O=c1[nH]c2cc3c(cc2cc1CN(Cc1ccc(F)cc1)Cc1nnnn1Cc1ccco1)OCCO3. The number of ether oxygens (including phenoxy) is 2. The summed E-state index contributed by atoms with van der Waals surface area (Å²) in [6.45, 7) is 2.44. The lowest BCUT2D eigenvalue weighted by atomic mass is 10.1. The van der Waals surface area contributed by atoms with E-state index >= 15 is 0 Å². The van der Waals surface area contributed by atoms with E-state index in [0.717, 1.165) is 16.7 Å². The zero-order chi connectivity index (χ0) is 25.2. The molecular formula is C26H23FN6O4. The maximum atomic E-state index is 13.5. The molecule has 4 heterocycles. The third-order valence-corrected chi connectivity index (χ3v) is 6.15. The van der Waals surface area contributed by atoms with Crippen molar-refractivity contribution in [2.75, 3.05) is 13.2 Å². The molecule has 0 fully saturated rings. The van der Waals surface area contributed by atoms with E-state index in [1.807, 2.05) is 23.1 Å². The van der Waals surface area contributed by atoms with Gasteiger partial charge in [-0.3, -0.25) is 9.69 Å². The first-order valence-electron chi connectivity index (χ1n) is 11.8. The van der Waals surface area contributed by atoms with E-state index in [1.54, 1.807) is 35.2 Å². The minimum atomic E-state index is -0.307. The molecular weight excluding hydrogens is 479 g/mol. The van der Waals surface area contributed by atoms with Crippen molar-refractivity contribution in [3.8, 4) is 11.5 Å². The van der Waals surface area contributed by atoms with E-state index in [4.69, 9.17) is 13.9 Å². The van der Waals surface area contributed by atoms with Crippen LogP contribution in [-0.4, -0.2) is 43.3 Å². The Balaban J connectivity index is 1.31. The number of aromatic nitrogens is 5. The van der Waals surface area contributed by atoms with Gasteiger partial charge in [-0.25, -0.2) is 9.07 Å². The topological polar surface area (TPSA) is 111 Å². The van der Waals surface area contributed by atoms with Gasteiger partial charge in [-0.2, -0.15) is 0 Å². The zero-order valence-electron chi connectivity index (χ0n) is 19.8. The third kappa shape index (κ3) is 5.07. The summed E-state index contributed by atoms with van der Waals surface area (Å²) in [4.78, 5) is 18.0. The van der Waals surface area contributed by atoms with Gasteiger partial charge in [0.2, 0.25) is 0 Å². The molecule has 3 aromatic heterocycles. The Hall–Kier alpha value is -4.51. The number of pyridine rings is 1. The molecule has 0 bridgehead atoms. The summed E-state index contributed by atoms with van der Waals surface area (Å²) in [6, 6.07) is 15.5. The number of benzene rings is 2. The average Bonchev–Trinajstić information content (AvgIpc) is 3.57. The van der Waals surface area contributed by atoms with E-state index in [1.165, 1.54) is 12.1 Å². The Morgan fingerprint density at radius 3 is 2.59 bits per heavy atom. The van der Waals surface area contributed by atoms with Crippen LogP contribution in [0.4, 0.5) is 4.39 Å². The second-order valence-corrected chi connectivity index (χ2v) is 8.81. The largest absolute Gasteiger partial charge is 0.486 e. The smallest absolute Gasteiger partial charge is 0.252 e. The lowest BCUT2D eigenvalue weighted by molar-refractivity contribution is 0.172. The maximum absolute atomic E-state index is 13.5. The fourth-order valence-corrected chi connectivity index (χ4v) is 4.37. The predicted molar refractivity (Wildman–Crippen MR) is 131 cm³/mol. The highest BCUT2D eigenvalue weighted by Crippen LogP contribution is 2.33. The molecule has 0 saturated heterocycles. The molecule has 0 amide bonds. The Bertz CT molecular complexity index is 1580. The second-order valence-electron chi connectivity index (χ2n) is 8.81. The Labute approximate surface area is 210 Å². The van der Waals surface area contributed by atoms with Gasteiger partial charge in [-0.15, -0.1) is 5.10 Å². The summed E-state index contributed by atoms with van der Waals surface area (Å²) in [5.41, 5.74) is 1.92. The summed E-state index contributed by atoms with van der Waals surface area (Å²) < 4.78 is 32.0. The van der Waals surface area contributed by atoms with Crippen molar-refractivity contribution in [3.63, 3.8) is 0 Å². The van der Waals surface area contributed by atoms with Gasteiger partial charge in [0.25, 0.3) is 5.56 Å². The number of fused-ring (bicyclic) bond motifs is 2. The van der Waals surface area contributed by atoms with Crippen molar-refractivity contribution >= 4 is 10.9 Å². The highest BCUT2D eigenvalue weighted by atomic mass is 19.1. The van der Waals surface area contributed by atoms with Crippen molar-refractivity contribution in [3.05, 3.63) is 99.7 Å². The van der Waals surface area contributed by atoms with E-state index in [0.29, 0.717) is 67.8 Å². The first-order chi connectivity index (χ1) is 18.1. The van der Waals surface area contributed by atoms with Crippen molar-refractivity contribution in [2.45, 2.75) is 26.2 Å². The highest BCUT2D eigenvalue weighted by molar-refractivity contribution is 5.83. The Morgan fingerprint density at radius 1 is 1.00 bits per heavy atom. The summed E-state index contributed by atoms with van der Waals surface area (Å²) in [7, 11) is 0. The Kier molecular flexibility index (Phi) is 6.11. The maximum Gasteiger partial charge on any atom is 0.252 e.